The van der Waals surface area contributed by atoms with Gasteiger partial charge in [-0.25, -0.2) is 4.79 Å². The summed E-state index contributed by atoms with van der Waals surface area (Å²) in [6, 6.07) is 6.93. The minimum atomic E-state index is -0.298. The Morgan fingerprint density at radius 3 is 2.55 bits per heavy atom. The van der Waals surface area contributed by atoms with Gasteiger partial charge in [0.15, 0.2) is 0 Å². The molecule has 1 fully saturated rings. The highest BCUT2D eigenvalue weighted by molar-refractivity contribution is 5.89. The van der Waals surface area contributed by atoms with Crippen molar-refractivity contribution >= 4 is 5.97 Å². The highest BCUT2D eigenvalue weighted by Gasteiger charge is 2.17. The molecular weight excluding hydrogens is 258 g/mol. The van der Waals surface area contributed by atoms with Crippen LogP contribution in [0.1, 0.15) is 17.3 Å². The van der Waals surface area contributed by atoms with Crippen LogP contribution in [0.3, 0.4) is 0 Å². The zero-order valence-corrected chi connectivity index (χ0v) is 12.0. The fraction of sp³-hybridized carbons (Fsp3) is 0.533. The first-order valence-corrected chi connectivity index (χ1v) is 6.84. The van der Waals surface area contributed by atoms with Crippen molar-refractivity contribution in [1.82, 2.24) is 4.90 Å². The van der Waals surface area contributed by atoms with Crippen LogP contribution < -0.4 is 4.74 Å². The first-order valence-electron chi connectivity index (χ1n) is 6.84. The number of morpholine rings is 1. The highest BCUT2D eigenvalue weighted by atomic mass is 16.5. The number of ether oxygens (including phenoxy) is 3. The topological polar surface area (TPSA) is 48.0 Å². The third kappa shape index (κ3) is 4.21. The molecule has 2 rings (SSSR count). The van der Waals surface area contributed by atoms with Crippen molar-refractivity contribution in [2.24, 2.45) is 0 Å². The molecule has 0 radical (unpaired) electrons. The van der Waals surface area contributed by atoms with E-state index >= 15 is 0 Å². The molecule has 0 N–H and O–H groups in total. The lowest BCUT2D eigenvalue weighted by Crippen LogP contribution is -2.41. The lowest BCUT2D eigenvalue weighted by atomic mass is 10.2. The summed E-state index contributed by atoms with van der Waals surface area (Å²) in [7, 11) is 1.59. The minimum Gasteiger partial charge on any atom is -0.497 e. The van der Waals surface area contributed by atoms with Gasteiger partial charge in [-0.3, -0.25) is 4.90 Å². The number of hydrogen-bond acceptors (Lipinski definition) is 5. The molecule has 5 heteroatoms. The average Bonchev–Trinajstić information content (AvgIpc) is 2.48. The molecule has 0 bridgehead atoms. The number of nitrogens with zero attached hydrogens (tertiary/aromatic N) is 1. The van der Waals surface area contributed by atoms with Crippen molar-refractivity contribution in [2.75, 3.05) is 40.0 Å². The number of esters is 1. The number of methoxy groups -OCH3 is 1. The van der Waals surface area contributed by atoms with Crippen LogP contribution in [0.2, 0.25) is 0 Å². The molecule has 1 aliphatic rings. The van der Waals surface area contributed by atoms with Gasteiger partial charge in [0.05, 0.1) is 25.9 Å². The van der Waals surface area contributed by atoms with Crippen molar-refractivity contribution in [3.05, 3.63) is 29.8 Å². The van der Waals surface area contributed by atoms with Gasteiger partial charge >= 0.3 is 5.97 Å². The van der Waals surface area contributed by atoms with Crippen LogP contribution in [0.15, 0.2) is 24.3 Å². The van der Waals surface area contributed by atoms with E-state index in [9.17, 15) is 4.79 Å². The maximum atomic E-state index is 12.0. The molecule has 1 saturated heterocycles. The van der Waals surface area contributed by atoms with Gasteiger partial charge in [-0.2, -0.15) is 0 Å². The fourth-order valence-electron chi connectivity index (χ4n) is 2.16. The van der Waals surface area contributed by atoms with E-state index in [0.29, 0.717) is 5.56 Å². The first kappa shape index (κ1) is 14.8. The maximum absolute atomic E-state index is 12.0. The molecule has 0 unspecified atom stereocenters. The molecular formula is C15H21NO4. The van der Waals surface area contributed by atoms with Crippen LogP contribution in [0, 0.1) is 0 Å². The van der Waals surface area contributed by atoms with Crippen LogP contribution >= 0.6 is 0 Å². The smallest absolute Gasteiger partial charge is 0.338 e. The molecule has 1 aromatic rings. The Bertz CT molecular complexity index is 426. The van der Waals surface area contributed by atoms with Gasteiger partial charge < -0.3 is 14.2 Å². The van der Waals surface area contributed by atoms with E-state index in [1.54, 1.807) is 31.4 Å². The molecule has 1 heterocycles. The van der Waals surface area contributed by atoms with Crippen molar-refractivity contribution in [3.8, 4) is 5.75 Å². The first-order chi connectivity index (χ1) is 9.69. The van der Waals surface area contributed by atoms with Gasteiger partial charge in [-0.1, -0.05) is 0 Å². The molecule has 0 spiro atoms. The summed E-state index contributed by atoms with van der Waals surface area (Å²) in [4.78, 5) is 14.2. The molecule has 0 saturated carbocycles. The molecule has 20 heavy (non-hydrogen) atoms. The van der Waals surface area contributed by atoms with E-state index in [4.69, 9.17) is 14.2 Å². The second kappa shape index (κ2) is 7.26. The zero-order chi connectivity index (χ0) is 14.4. The Kier molecular flexibility index (Phi) is 5.38. The second-order valence-corrected chi connectivity index (χ2v) is 4.86. The Morgan fingerprint density at radius 1 is 1.30 bits per heavy atom. The van der Waals surface area contributed by atoms with E-state index in [0.717, 1.165) is 38.6 Å². The lowest BCUT2D eigenvalue weighted by molar-refractivity contribution is 0.000447. The summed E-state index contributed by atoms with van der Waals surface area (Å²) in [5.41, 5.74) is 0.541. The number of carbonyl (C=O) groups is 1. The van der Waals surface area contributed by atoms with Gasteiger partial charge in [0, 0.05) is 19.6 Å². The van der Waals surface area contributed by atoms with Crippen LogP contribution in [0.25, 0.3) is 0 Å². The van der Waals surface area contributed by atoms with Gasteiger partial charge in [-0.05, 0) is 31.2 Å². The zero-order valence-electron chi connectivity index (χ0n) is 12.0. The van der Waals surface area contributed by atoms with Crippen molar-refractivity contribution in [3.63, 3.8) is 0 Å². The summed E-state index contributed by atoms with van der Waals surface area (Å²) < 4.78 is 15.8. The fourth-order valence-corrected chi connectivity index (χ4v) is 2.16. The molecule has 1 aliphatic heterocycles. The lowest BCUT2D eigenvalue weighted by Gasteiger charge is -2.28. The average molecular weight is 279 g/mol. The standard InChI is InChI=1S/C15H21NO4/c1-12(11-16-7-9-19-10-8-16)20-15(17)13-3-5-14(18-2)6-4-13/h3-6,12H,7-11H2,1-2H3/t12-/m1/s1. The normalized spacial score (nSPS) is 17.5. The summed E-state index contributed by atoms with van der Waals surface area (Å²) in [5.74, 6) is 0.427. The number of rotatable bonds is 5. The summed E-state index contributed by atoms with van der Waals surface area (Å²) in [6.07, 6.45) is -0.136. The van der Waals surface area contributed by atoms with E-state index in [1.807, 2.05) is 6.92 Å². The predicted octanol–water partition coefficient (Wildman–Crippen LogP) is 1.57. The minimum absolute atomic E-state index is 0.136. The molecule has 1 atom stereocenters. The summed E-state index contributed by atoms with van der Waals surface area (Å²) in [6.45, 7) is 5.94. The van der Waals surface area contributed by atoms with Crippen LogP contribution in [-0.4, -0.2) is 56.9 Å². The molecule has 5 nitrogen and oxygen atoms in total. The number of benzene rings is 1. The number of hydrogen-bond donors (Lipinski definition) is 0. The summed E-state index contributed by atoms with van der Waals surface area (Å²) >= 11 is 0. The van der Waals surface area contributed by atoms with Gasteiger partial charge in [0.1, 0.15) is 11.9 Å². The molecule has 110 valence electrons. The van der Waals surface area contributed by atoms with Gasteiger partial charge in [0.2, 0.25) is 0 Å². The summed E-state index contributed by atoms with van der Waals surface area (Å²) in [5, 5.41) is 0. The molecule has 0 amide bonds. The van der Waals surface area contributed by atoms with E-state index in [-0.39, 0.29) is 12.1 Å². The third-order valence-corrected chi connectivity index (χ3v) is 3.25. The van der Waals surface area contributed by atoms with Crippen LogP contribution in [-0.2, 0) is 9.47 Å². The van der Waals surface area contributed by atoms with E-state index in [1.165, 1.54) is 0 Å². The Labute approximate surface area is 119 Å². The number of carbonyl (C=O) groups excluding carboxylic acids is 1. The van der Waals surface area contributed by atoms with E-state index in [2.05, 4.69) is 4.90 Å². The molecule has 0 aromatic heterocycles. The van der Waals surface area contributed by atoms with Gasteiger partial charge in [-0.15, -0.1) is 0 Å². The van der Waals surface area contributed by atoms with Crippen molar-refractivity contribution in [1.29, 1.82) is 0 Å². The van der Waals surface area contributed by atoms with Gasteiger partial charge in [0.25, 0.3) is 0 Å². The molecule has 0 aliphatic carbocycles. The van der Waals surface area contributed by atoms with Crippen LogP contribution in [0.5, 0.6) is 5.75 Å². The predicted molar refractivity (Wildman–Crippen MR) is 75.1 cm³/mol. The largest absolute Gasteiger partial charge is 0.497 e. The van der Waals surface area contributed by atoms with Crippen LogP contribution in [0.4, 0.5) is 0 Å². The SMILES string of the molecule is COc1ccc(C(=O)O[C@H](C)CN2CCOCC2)cc1. The Hall–Kier alpha value is -1.59. The van der Waals surface area contributed by atoms with E-state index < -0.39 is 0 Å². The monoisotopic (exact) mass is 279 g/mol. The highest BCUT2D eigenvalue weighted by Crippen LogP contribution is 2.13. The van der Waals surface area contributed by atoms with Crippen molar-refractivity contribution < 1.29 is 19.0 Å². The quantitative estimate of drug-likeness (QED) is 0.766. The second-order valence-electron chi connectivity index (χ2n) is 4.86. The van der Waals surface area contributed by atoms with Crippen molar-refractivity contribution in [2.45, 2.75) is 13.0 Å². The molecule has 1 aromatic carbocycles. The third-order valence-electron chi connectivity index (χ3n) is 3.25. The maximum Gasteiger partial charge on any atom is 0.338 e. The Balaban J connectivity index is 1.82. The Morgan fingerprint density at radius 2 is 1.95 bits per heavy atom.